The molecule has 2 aromatic carbocycles. The van der Waals surface area contributed by atoms with E-state index in [0.29, 0.717) is 11.3 Å². The van der Waals surface area contributed by atoms with E-state index in [0.717, 1.165) is 0 Å². The summed E-state index contributed by atoms with van der Waals surface area (Å²) in [7, 11) is 0. The van der Waals surface area contributed by atoms with Crippen LogP contribution < -0.4 is 10.1 Å². The number of rotatable bonds is 5. The fourth-order valence-corrected chi connectivity index (χ4v) is 2.39. The Labute approximate surface area is 155 Å². The normalized spacial score (nSPS) is 10.5. The van der Waals surface area contributed by atoms with Crippen LogP contribution in [0.1, 0.15) is 5.56 Å². The first-order valence-corrected chi connectivity index (χ1v) is 7.84. The van der Waals surface area contributed by atoms with Gasteiger partial charge in [-0.1, -0.05) is 47.3 Å². The predicted molar refractivity (Wildman–Crippen MR) is 99.5 cm³/mol. The van der Waals surface area contributed by atoms with Crippen molar-refractivity contribution in [2.24, 2.45) is 0 Å². The van der Waals surface area contributed by atoms with Crippen molar-refractivity contribution in [2.75, 3.05) is 11.9 Å². The number of hydrogen-bond acceptors (Lipinski definition) is 3. The second kappa shape index (κ2) is 8.80. The molecule has 0 atom stereocenters. The number of nitrogens with zero attached hydrogens (tertiary/aromatic N) is 1. The number of terminal acetylenes is 1. The number of nitriles is 1. The van der Waals surface area contributed by atoms with Gasteiger partial charge in [0.15, 0.2) is 0 Å². The lowest BCUT2D eigenvalue weighted by atomic mass is 10.1. The van der Waals surface area contributed by atoms with Crippen LogP contribution >= 0.6 is 23.2 Å². The summed E-state index contributed by atoms with van der Waals surface area (Å²) >= 11 is 12.0. The number of halogens is 2. The van der Waals surface area contributed by atoms with Gasteiger partial charge in [-0.3, -0.25) is 4.79 Å². The fraction of sp³-hybridized carbons (Fsp3) is 0.0526. The Morgan fingerprint density at radius 2 is 1.84 bits per heavy atom. The van der Waals surface area contributed by atoms with E-state index in [1.54, 1.807) is 42.5 Å². The minimum atomic E-state index is -0.606. The molecular weight excluding hydrogens is 359 g/mol. The van der Waals surface area contributed by atoms with Gasteiger partial charge >= 0.3 is 0 Å². The van der Waals surface area contributed by atoms with Gasteiger partial charge in [0.2, 0.25) is 0 Å². The summed E-state index contributed by atoms with van der Waals surface area (Å²) in [6.07, 6.45) is 6.57. The van der Waals surface area contributed by atoms with E-state index < -0.39 is 5.91 Å². The highest BCUT2D eigenvalue weighted by molar-refractivity contribution is 6.40. The van der Waals surface area contributed by atoms with E-state index in [9.17, 15) is 10.1 Å². The Kier molecular flexibility index (Phi) is 6.48. The molecule has 2 rings (SSSR count). The molecule has 0 saturated heterocycles. The number of nitrogens with one attached hydrogen (secondary N) is 1. The summed E-state index contributed by atoms with van der Waals surface area (Å²) in [5, 5.41) is 12.4. The molecule has 0 bridgehead atoms. The monoisotopic (exact) mass is 370 g/mol. The lowest BCUT2D eigenvalue weighted by Gasteiger charge is -2.08. The third-order valence-electron chi connectivity index (χ3n) is 3.08. The lowest BCUT2D eigenvalue weighted by Crippen LogP contribution is -2.14. The molecule has 0 aliphatic carbocycles. The summed E-state index contributed by atoms with van der Waals surface area (Å²) in [6.45, 7) is 0.166. The Morgan fingerprint density at radius 1 is 1.20 bits per heavy atom. The van der Waals surface area contributed by atoms with Crippen LogP contribution in [0.3, 0.4) is 0 Å². The average Bonchev–Trinajstić information content (AvgIpc) is 2.62. The van der Waals surface area contributed by atoms with Crippen LogP contribution in [0, 0.1) is 23.7 Å². The number of anilines is 1. The van der Waals surface area contributed by atoms with Crippen molar-refractivity contribution in [1.29, 1.82) is 5.26 Å². The summed E-state index contributed by atoms with van der Waals surface area (Å²) in [5.41, 5.74) is 0.827. The molecule has 2 aromatic rings. The number of benzene rings is 2. The Bertz CT molecular complexity index is 871. The molecule has 0 aromatic heterocycles. The topological polar surface area (TPSA) is 62.1 Å². The molecular formula is C19H12Cl2N2O2. The van der Waals surface area contributed by atoms with E-state index in [4.69, 9.17) is 34.4 Å². The maximum absolute atomic E-state index is 12.3. The smallest absolute Gasteiger partial charge is 0.266 e. The standard InChI is InChI=1S/C19H12Cl2N2O2/c1-2-10-25-15-8-6-13(7-9-15)11-14(12-22)19(24)23-18-16(20)4-3-5-17(18)21/h1,3-9,11H,10H2,(H,23,24). The number of carbonyl (C=O) groups is 1. The predicted octanol–water partition coefficient (Wildman–Crippen LogP) is 4.55. The summed E-state index contributed by atoms with van der Waals surface area (Å²) in [6, 6.07) is 13.5. The van der Waals surface area contributed by atoms with E-state index >= 15 is 0 Å². The first kappa shape index (κ1) is 18.4. The Hall–Kier alpha value is -2.92. The maximum Gasteiger partial charge on any atom is 0.266 e. The minimum absolute atomic E-state index is 0.0896. The zero-order valence-electron chi connectivity index (χ0n) is 12.9. The molecule has 1 amide bonds. The Morgan fingerprint density at radius 3 is 2.40 bits per heavy atom. The first-order valence-electron chi connectivity index (χ1n) is 7.08. The second-order valence-electron chi connectivity index (χ2n) is 4.78. The molecule has 0 aliphatic rings. The average molecular weight is 371 g/mol. The number of hydrogen-bond donors (Lipinski definition) is 1. The number of para-hydroxylation sites is 1. The van der Waals surface area contributed by atoms with E-state index in [2.05, 4.69) is 11.2 Å². The van der Waals surface area contributed by atoms with Crippen LogP contribution in [0.2, 0.25) is 10.0 Å². The highest BCUT2D eigenvalue weighted by Gasteiger charge is 2.13. The summed E-state index contributed by atoms with van der Waals surface area (Å²) < 4.78 is 5.26. The molecule has 4 nitrogen and oxygen atoms in total. The van der Waals surface area contributed by atoms with Gasteiger partial charge < -0.3 is 10.1 Å². The van der Waals surface area contributed by atoms with Gasteiger partial charge in [-0.05, 0) is 35.9 Å². The van der Waals surface area contributed by atoms with Crippen LogP contribution in [0.5, 0.6) is 5.75 Å². The third-order valence-corrected chi connectivity index (χ3v) is 3.71. The van der Waals surface area contributed by atoms with Crippen molar-refractivity contribution in [3.63, 3.8) is 0 Å². The van der Waals surface area contributed by atoms with Crippen LogP contribution in [0.4, 0.5) is 5.69 Å². The Balaban J connectivity index is 2.18. The molecule has 0 radical (unpaired) electrons. The van der Waals surface area contributed by atoms with Gasteiger partial charge in [0.05, 0.1) is 15.7 Å². The summed E-state index contributed by atoms with van der Waals surface area (Å²) in [5.74, 6) is 2.36. The molecule has 0 fully saturated rings. The third kappa shape index (κ3) is 5.02. The van der Waals surface area contributed by atoms with Gasteiger partial charge in [-0.25, -0.2) is 0 Å². The van der Waals surface area contributed by atoms with Gasteiger partial charge in [0, 0.05) is 0 Å². The number of ether oxygens (including phenoxy) is 1. The second-order valence-corrected chi connectivity index (χ2v) is 5.60. The van der Waals surface area contributed by atoms with Crippen molar-refractivity contribution < 1.29 is 9.53 Å². The SMILES string of the molecule is C#CCOc1ccc(C=C(C#N)C(=O)Nc2c(Cl)cccc2Cl)cc1. The molecule has 0 spiro atoms. The molecule has 0 saturated carbocycles. The van der Waals surface area contributed by atoms with Crippen molar-refractivity contribution in [3.05, 3.63) is 63.6 Å². The molecule has 0 aliphatic heterocycles. The van der Waals surface area contributed by atoms with Crippen LogP contribution in [0.25, 0.3) is 6.08 Å². The molecule has 6 heteroatoms. The fourth-order valence-electron chi connectivity index (χ4n) is 1.90. The lowest BCUT2D eigenvalue weighted by molar-refractivity contribution is -0.112. The highest BCUT2D eigenvalue weighted by atomic mass is 35.5. The van der Waals surface area contributed by atoms with Crippen molar-refractivity contribution in [1.82, 2.24) is 0 Å². The van der Waals surface area contributed by atoms with Gasteiger partial charge in [0.25, 0.3) is 5.91 Å². The molecule has 1 N–H and O–H groups in total. The summed E-state index contributed by atoms with van der Waals surface area (Å²) in [4.78, 5) is 12.3. The van der Waals surface area contributed by atoms with Crippen molar-refractivity contribution >= 4 is 40.9 Å². The largest absolute Gasteiger partial charge is 0.481 e. The van der Waals surface area contributed by atoms with Gasteiger partial charge in [0.1, 0.15) is 24.0 Å². The van der Waals surface area contributed by atoms with Crippen molar-refractivity contribution in [2.45, 2.75) is 0 Å². The van der Waals surface area contributed by atoms with Crippen LogP contribution in [-0.2, 0) is 4.79 Å². The zero-order chi connectivity index (χ0) is 18.2. The van der Waals surface area contributed by atoms with E-state index in [1.165, 1.54) is 6.08 Å². The van der Waals surface area contributed by atoms with Crippen LogP contribution in [-0.4, -0.2) is 12.5 Å². The van der Waals surface area contributed by atoms with Crippen molar-refractivity contribution in [3.8, 4) is 24.2 Å². The quantitative estimate of drug-likeness (QED) is 0.477. The number of carbonyl (C=O) groups excluding carboxylic acids is 1. The zero-order valence-corrected chi connectivity index (χ0v) is 14.4. The van der Waals surface area contributed by atoms with Gasteiger partial charge in [-0.15, -0.1) is 6.42 Å². The first-order chi connectivity index (χ1) is 12.0. The maximum atomic E-state index is 12.3. The molecule has 0 unspecified atom stereocenters. The van der Waals surface area contributed by atoms with Gasteiger partial charge in [-0.2, -0.15) is 5.26 Å². The highest BCUT2D eigenvalue weighted by Crippen LogP contribution is 2.30. The number of amides is 1. The van der Waals surface area contributed by atoms with E-state index in [-0.39, 0.29) is 27.9 Å². The van der Waals surface area contributed by atoms with Crippen LogP contribution in [0.15, 0.2) is 48.0 Å². The van der Waals surface area contributed by atoms with E-state index in [1.807, 2.05) is 6.07 Å². The minimum Gasteiger partial charge on any atom is -0.481 e. The molecule has 124 valence electrons. The molecule has 25 heavy (non-hydrogen) atoms. The molecule has 0 heterocycles.